The highest BCUT2D eigenvalue weighted by atomic mass is 16.6. The molecule has 2 atom stereocenters. The first-order valence-corrected chi connectivity index (χ1v) is 9.77. The monoisotopic (exact) mass is 368 g/mol. The van der Waals surface area contributed by atoms with Crippen molar-refractivity contribution in [1.82, 2.24) is 0 Å². The largest absolute Gasteiger partial charge is 0.489 e. The zero-order valence-electron chi connectivity index (χ0n) is 17.4. The van der Waals surface area contributed by atoms with E-state index in [1.807, 2.05) is 30.3 Å². The minimum absolute atomic E-state index is 0.119. The molecule has 2 aliphatic heterocycles. The lowest BCUT2D eigenvalue weighted by molar-refractivity contribution is 0.0163. The van der Waals surface area contributed by atoms with Gasteiger partial charge in [-0.25, -0.2) is 0 Å². The Bertz CT molecular complexity index is 743. The van der Waals surface area contributed by atoms with Crippen molar-refractivity contribution in [3.63, 3.8) is 0 Å². The standard InChI is InChI=1S/C12H16O2.C12H16O/c1-12(2,3)11-8-13-9-6-4-5-7-10(9)14-11;1-12(2,3)11-8-9-6-4-5-7-10(9)13-11/h4-7,11H,8H2,1-3H3;4-7,11H,8H2,1-3H3. The van der Waals surface area contributed by atoms with Crippen molar-refractivity contribution in [2.24, 2.45) is 10.8 Å². The van der Waals surface area contributed by atoms with Crippen molar-refractivity contribution in [3.05, 3.63) is 54.1 Å². The van der Waals surface area contributed by atoms with Crippen LogP contribution in [0.2, 0.25) is 0 Å². The summed E-state index contributed by atoms with van der Waals surface area (Å²) in [4.78, 5) is 0. The van der Waals surface area contributed by atoms with E-state index in [9.17, 15) is 0 Å². The molecule has 0 saturated carbocycles. The van der Waals surface area contributed by atoms with Gasteiger partial charge in [0, 0.05) is 11.8 Å². The predicted molar refractivity (Wildman–Crippen MR) is 110 cm³/mol. The Labute approximate surface area is 163 Å². The van der Waals surface area contributed by atoms with Gasteiger partial charge in [0.15, 0.2) is 11.5 Å². The highest BCUT2D eigenvalue weighted by Gasteiger charge is 2.32. The van der Waals surface area contributed by atoms with Gasteiger partial charge in [-0.05, 0) is 29.2 Å². The molecule has 2 aromatic rings. The lowest BCUT2D eigenvalue weighted by atomic mass is 9.87. The highest BCUT2D eigenvalue weighted by molar-refractivity contribution is 5.41. The second kappa shape index (κ2) is 7.46. The summed E-state index contributed by atoms with van der Waals surface area (Å²) in [6.45, 7) is 13.8. The molecule has 3 heteroatoms. The molecule has 0 spiro atoms. The Morgan fingerprint density at radius 3 is 1.78 bits per heavy atom. The average molecular weight is 369 g/mol. The molecule has 27 heavy (non-hydrogen) atoms. The lowest BCUT2D eigenvalue weighted by Crippen LogP contribution is -2.39. The molecule has 0 saturated heterocycles. The maximum Gasteiger partial charge on any atom is 0.161 e. The molecule has 2 aromatic carbocycles. The Morgan fingerprint density at radius 2 is 1.19 bits per heavy atom. The minimum Gasteiger partial charge on any atom is -0.489 e. The van der Waals surface area contributed by atoms with E-state index >= 15 is 0 Å². The van der Waals surface area contributed by atoms with Gasteiger partial charge in [0.25, 0.3) is 0 Å². The van der Waals surface area contributed by atoms with E-state index in [1.54, 1.807) is 0 Å². The molecule has 0 amide bonds. The highest BCUT2D eigenvalue weighted by Crippen LogP contribution is 2.36. The van der Waals surface area contributed by atoms with Crippen LogP contribution < -0.4 is 14.2 Å². The summed E-state index contributed by atoms with van der Waals surface area (Å²) >= 11 is 0. The van der Waals surface area contributed by atoms with Gasteiger partial charge in [-0.3, -0.25) is 0 Å². The summed E-state index contributed by atoms with van der Waals surface area (Å²) < 4.78 is 17.4. The van der Waals surface area contributed by atoms with E-state index in [4.69, 9.17) is 14.2 Å². The molecule has 2 aliphatic rings. The maximum atomic E-state index is 5.87. The van der Waals surface area contributed by atoms with Crippen LogP contribution in [-0.2, 0) is 6.42 Å². The third kappa shape index (κ3) is 4.77. The Morgan fingerprint density at radius 1 is 0.667 bits per heavy atom. The smallest absolute Gasteiger partial charge is 0.161 e. The van der Waals surface area contributed by atoms with Gasteiger partial charge < -0.3 is 14.2 Å². The summed E-state index contributed by atoms with van der Waals surface area (Å²) in [5.41, 5.74) is 1.70. The topological polar surface area (TPSA) is 27.7 Å². The van der Waals surface area contributed by atoms with Crippen molar-refractivity contribution >= 4 is 0 Å². The third-order valence-electron chi connectivity index (χ3n) is 5.09. The molecule has 0 fully saturated rings. The van der Waals surface area contributed by atoms with Crippen molar-refractivity contribution in [2.45, 2.75) is 60.2 Å². The predicted octanol–water partition coefficient (Wildman–Crippen LogP) is 5.91. The number of ether oxygens (including phenoxy) is 3. The van der Waals surface area contributed by atoms with E-state index in [-0.39, 0.29) is 16.9 Å². The Hall–Kier alpha value is -2.16. The molecule has 0 N–H and O–H groups in total. The van der Waals surface area contributed by atoms with Gasteiger partial charge in [-0.15, -0.1) is 0 Å². The van der Waals surface area contributed by atoms with Crippen LogP contribution in [0.15, 0.2) is 48.5 Å². The molecule has 0 radical (unpaired) electrons. The molecular weight excluding hydrogens is 336 g/mol. The van der Waals surface area contributed by atoms with Crippen LogP contribution in [0.3, 0.4) is 0 Å². The van der Waals surface area contributed by atoms with Crippen LogP contribution in [0.4, 0.5) is 0 Å². The molecule has 2 unspecified atom stereocenters. The fourth-order valence-electron chi connectivity index (χ4n) is 3.11. The van der Waals surface area contributed by atoms with Gasteiger partial charge in [0.05, 0.1) is 0 Å². The third-order valence-corrected chi connectivity index (χ3v) is 5.09. The first-order valence-electron chi connectivity index (χ1n) is 9.77. The van der Waals surface area contributed by atoms with Crippen molar-refractivity contribution in [2.75, 3.05) is 6.61 Å². The first-order chi connectivity index (χ1) is 12.6. The zero-order chi connectivity index (χ0) is 19.7. The van der Waals surface area contributed by atoms with E-state index in [0.717, 1.165) is 23.7 Å². The normalized spacial score (nSPS) is 20.8. The maximum absolute atomic E-state index is 5.87. The second-order valence-corrected chi connectivity index (χ2v) is 9.51. The molecule has 0 bridgehead atoms. The van der Waals surface area contributed by atoms with E-state index in [1.165, 1.54) is 5.56 Å². The number of hydrogen-bond donors (Lipinski definition) is 0. The van der Waals surface area contributed by atoms with E-state index in [0.29, 0.717) is 12.7 Å². The summed E-state index contributed by atoms with van der Waals surface area (Å²) in [6, 6.07) is 16.1. The van der Waals surface area contributed by atoms with Gasteiger partial charge in [-0.1, -0.05) is 71.9 Å². The minimum atomic E-state index is 0.119. The van der Waals surface area contributed by atoms with Crippen molar-refractivity contribution < 1.29 is 14.2 Å². The molecule has 0 aromatic heterocycles. The SMILES string of the molecule is CC(C)(C)C1COc2ccccc2O1.CC(C)(C)C1Cc2ccccc2O1. The van der Waals surface area contributed by atoms with Crippen LogP contribution in [0.1, 0.15) is 47.1 Å². The number of para-hydroxylation sites is 3. The van der Waals surface area contributed by atoms with Gasteiger partial charge >= 0.3 is 0 Å². The molecular formula is C24H32O3. The zero-order valence-corrected chi connectivity index (χ0v) is 17.4. The van der Waals surface area contributed by atoms with Gasteiger partial charge in [0.2, 0.25) is 0 Å². The fourth-order valence-corrected chi connectivity index (χ4v) is 3.11. The number of fused-ring (bicyclic) bond motifs is 2. The molecule has 3 nitrogen and oxygen atoms in total. The van der Waals surface area contributed by atoms with Crippen molar-refractivity contribution in [3.8, 4) is 17.2 Å². The quantitative estimate of drug-likeness (QED) is 0.579. The van der Waals surface area contributed by atoms with Crippen LogP contribution in [0, 0.1) is 10.8 Å². The van der Waals surface area contributed by atoms with E-state index in [2.05, 4.69) is 59.7 Å². The molecule has 146 valence electrons. The summed E-state index contributed by atoms with van der Waals surface area (Å²) in [5.74, 6) is 2.79. The molecule has 2 heterocycles. The summed E-state index contributed by atoms with van der Waals surface area (Å²) in [5, 5.41) is 0. The lowest BCUT2D eigenvalue weighted by Gasteiger charge is -2.34. The van der Waals surface area contributed by atoms with Crippen LogP contribution in [-0.4, -0.2) is 18.8 Å². The first kappa shape index (κ1) is 19.6. The number of rotatable bonds is 0. The Kier molecular flexibility index (Phi) is 5.41. The number of hydrogen-bond acceptors (Lipinski definition) is 3. The van der Waals surface area contributed by atoms with Crippen LogP contribution in [0.25, 0.3) is 0 Å². The van der Waals surface area contributed by atoms with Gasteiger partial charge in [-0.2, -0.15) is 0 Å². The van der Waals surface area contributed by atoms with Crippen LogP contribution >= 0.6 is 0 Å². The van der Waals surface area contributed by atoms with Crippen molar-refractivity contribution in [1.29, 1.82) is 0 Å². The molecule has 0 aliphatic carbocycles. The van der Waals surface area contributed by atoms with Gasteiger partial charge in [0.1, 0.15) is 24.6 Å². The number of benzene rings is 2. The average Bonchev–Trinajstić information content (AvgIpc) is 3.06. The molecule has 4 rings (SSSR count). The Balaban J connectivity index is 0.000000156. The van der Waals surface area contributed by atoms with Crippen LogP contribution in [0.5, 0.6) is 17.2 Å². The summed E-state index contributed by atoms with van der Waals surface area (Å²) in [7, 11) is 0. The summed E-state index contributed by atoms with van der Waals surface area (Å²) in [6.07, 6.45) is 1.53. The van der Waals surface area contributed by atoms with E-state index < -0.39 is 0 Å². The fraction of sp³-hybridized carbons (Fsp3) is 0.500. The second-order valence-electron chi connectivity index (χ2n) is 9.51.